The molecule has 1 aromatic rings. The third-order valence-electron chi connectivity index (χ3n) is 3.91. The van der Waals surface area contributed by atoms with E-state index in [1.807, 2.05) is 0 Å². The first-order valence-corrected chi connectivity index (χ1v) is 8.57. The first kappa shape index (κ1) is 15.4. The van der Waals surface area contributed by atoms with Gasteiger partial charge in [0.25, 0.3) is 0 Å². The van der Waals surface area contributed by atoms with E-state index in [4.69, 9.17) is 18.0 Å². The van der Waals surface area contributed by atoms with Crippen LogP contribution in [0.5, 0.6) is 0 Å². The minimum Gasteiger partial charge on any atom is -0.389 e. The second-order valence-corrected chi connectivity index (χ2v) is 7.92. The maximum Gasteiger partial charge on any atom is 0.243 e. The molecule has 0 saturated carbocycles. The third-order valence-corrected chi connectivity index (χ3v) is 6.02. The maximum absolute atomic E-state index is 12.5. The smallest absolute Gasteiger partial charge is 0.243 e. The fourth-order valence-corrected chi connectivity index (χ4v) is 4.10. The van der Waals surface area contributed by atoms with Gasteiger partial charge >= 0.3 is 0 Å². The summed E-state index contributed by atoms with van der Waals surface area (Å²) in [5.41, 5.74) is 6.20. The number of thiocarbonyl (C=S) groups is 1. The molecule has 0 aliphatic carbocycles. The molecule has 4 nitrogen and oxygen atoms in total. The summed E-state index contributed by atoms with van der Waals surface area (Å²) in [7, 11) is -3.40. The Morgan fingerprint density at radius 1 is 1.35 bits per heavy atom. The van der Waals surface area contributed by atoms with Crippen LogP contribution in [0, 0.1) is 11.8 Å². The van der Waals surface area contributed by atoms with E-state index in [2.05, 4.69) is 13.8 Å². The second-order valence-electron chi connectivity index (χ2n) is 5.54. The summed E-state index contributed by atoms with van der Waals surface area (Å²) in [6.45, 7) is 5.48. The lowest BCUT2D eigenvalue weighted by Crippen LogP contribution is -2.29. The van der Waals surface area contributed by atoms with E-state index >= 15 is 0 Å². The standard InChI is InChI=1S/C14H20N2O2S2/c1-10(2)12-7-8-16(9-12)20(17,18)13-5-3-11(4-6-13)14(15)19/h3-6,10,12H,7-9H2,1-2H3,(H2,15,19). The highest BCUT2D eigenvalue weighted by Crippen LogP contribution is 2.28. The topological polar surface area (TPSA) is 63.4 Å². The van der Waals surface area contributed by atoms with Gasteiger partial charge in [0, 0.05) is 18.7 Å². The normalized spacial score (nSPS) is 20.4. The van der Waals surface area contributed by atoms with E-state index < -0.39 is 10.0 Å². The van der Waals surface area contributed by atoms with Gasteiger partial charge < -0.3 is 5.73 Å². The number of hydrogen-bond acceptors (Lipinski definition) is 3. The van der Waals surface area contributed by atoms with Crippen LogP contribution in [0.15, 0.2) is 29.2 Å². The highest BCUT2D eigenvalue weighted by molar-refractivity contribution is 7.89. The molecule has 1 saturated heterocycles. The van der Waals surface area contributed by atoms with Gasteiger partial charge in [0.1, 0.15) is 4.99 Å². The zero-order chi connectivity index (χ0) is 14.9. The molecule has 1 aliphatic heterocycles. The minimum atomic E-state index is -3.40. The Bertz CT molecular complexity index is 594. The minimum absolute atomic E-state index is 0.273. The van der Waals surface area contributed by atoms with Crippen molar-refractivity contribution in [2.24, 2.45) is 17.6 Å². The summed E-state index contributed by atoms with van der Waals surface area (Å²) >= 11 is 4.87. The van der Waals surface area contributed by atoms with Gasteiger partial charge in [0.05, 0.1) is 4.90 Å². The van der Waals surface area contributed by atoms with Crippen LogP contribution in [-0.4, -0.2) is 30.8 Å². The lowest BCUT2D eigenvalue weighted by atomic mass is 9.96. The van der Waals surface area contributed by atoms with Gasteiger partial charge in [-0.1, -0.05) is 38.2 Å². The van der Waals surface area contributed by atoms with Crippen molar-refractivity contribution >= 4 is 27.2 Å². The summed E-state index contributed by atoms with van der Waals surface area (Å²) in [6.07, 6.45) is 0.932. The van der Waals surface area contributed by atoms with E-state index in [0.717, 1.165) is 6.42 Å². The number of sulfonamides is 1. The molecule has 1 unspecified atom stereocenters. The van der Waals surface area contributed by atoms with Crippen LogP contribution in [0.3, 0.4) is 0 Å². The van der Waals surface area contributed by atoms with E-state index in [1.165, 1.54) is 0 Å². The monoisotopic (exact) mass is 312 g/mol. The van der Waals surface area contributed by atoms with Gasteiger partial charge in [-0.05, 0) is 30.4 Å². The maximum atomic E-state index is 12.5. The molecule has 2 N–H and O–H groups in total. The number of nitrogens with two attached hydrogens (primary N) is 1. The van der Waals surface area contributed by atoms with E-state index in [1.54, 1.807) is 28.6 Å². The molecule has 1 aromatic carbocycles. The molecule has 20 heavy (non-hydrogen) atoms. The van der Waals surface area contributed by atoms with Crippen molar-refractivity contribution in [1.82, 2.24) is 4.31 Å². The Balaban J connectivity index is 2.21. The number of nitrogens with zero attached hydrogens (tertiary/aromatic N) is 1. The average Bonchev–Trinajstić information content (AvgIpc) is 2.89. The summed E-state index contributed by atoms with van der Waals surface area (Å²) < 4.78 is 26.7. The Morgan fingerprint density at radius 3 is 2.40 bits per heavy atom. The number of rotatable bonds is 4. The fourth-order valence-electron chi connectivity index (χ4n) is 2.46. The van der Waals surface area contributed by atoms with Gasteiger partial charge in [-0.25, -0.2) is 8.42 Å². The van der Waals surface area contributed by atoms with Crippen molar-refractivity contribution in [3.63, 3.8) is 0 Å². The Labute approximate surface area is 126 Å². The zero-order valence-corrected chi connectivity index (χ0v) is 13.4. The molecular weight excluding hydrogens is 292 g/mol. The van der Waals surface area contributed by atoms with Gasteiger partial charge in [-0.2, -0.15) is 4.31 Å². The van der Waals surface area contributed by atoms with Gasteiger partial charge in [-0.3, -0.25) is 0 Å². The fraction of sp³-hybridized carbons (Fsp3) is 0.500. The van der Waals surface area contributed by atoms with Gasteiger partial charge in [0.2, 0.25) is 10.0 Å². The Hall–Kier alpha value is -0.980. The van der Waals surface area contributed by atoms with Crippen LogP contribution in [-0.2, 0) is 10.0 Å². The molecule has 6 heteroatoms. The molecule has 0 aromatic heterocycles. The molecule has 0 bridgehead atoms. The quantitative estimate of drug-likeness (QED) is 0.864. The van der Waals surface area contributed by atoms with E-state index in [9.17, 15) is 8.42 Å². The van der Waals surface area contributed by atoms with Gasteiger partial charge in [0.15, 0.2) is 0 Å². The van der Waals surface area contributed by atoms with Gasteiger partial charge in [-0.15, -0.1) is 0 Å². The molecule has 0 spiro atoms. The largest absolute Gasteiger partial charge is 0.389 e. The zero-order valence-electron chi connectivity index (χ0n) is 11.7. The lowest BCUT2D eigenvalue weighted by Gasteiger charge is -2.18. The lowest BCUT2D eigenvalue weighted by molar-refractivity contribution is 0.388. The highest BCUT2D eigenvalue weighted by atomic mass is 32.2. The summed E-state index contributed by atoms with van der Waals surface area (Å²) in [5.74, 6) is 0.952. The van der Waals surface area contributed by atoms with E-state index in [0.29, 0.717) is 35.4 Å². The Kier molecular flexibility index (Phi) is 4.46. The average molecular weight is 312 g/mol. The molecule has 1 heterocycles. The summed E-state index contributed by atoms with van der Waals surface area (Å²) in [5, 5.41) is 0. The predicted octanol–water partition coefficient (Wildman–Crippen LogP) is 1.99. The SMILES string of the molecule is CC(C)C1CCN(S(=O)(=O)c2ccc(C(N)=S)cc2)C1. The van der Waals surface area contributed by atoms with Crippen LogP contribution in [0.4, 0.5) is 0 Å². The van der Waals surface area contributed by atoms with Crippen LogP contribution in [0.2, 0.25) is 0 Å². The summed E-state index contributed by atoms with van der Waals surface area (Å²) in [6, 6.07) is 6.47. The molecular formula is C14H20N2O2S2. The van der Waals surface area contributed by atoms with Crippen LogP contribution in [0.1, 0.15) is 25.8 Å². The molecule has 1 atom stereocenters. The first-order valence-electron chi connectivity index (χ1n) is 6.72. The number of benzene rings is 1. The van der Waals surface area contributed by atoms with Crippen LogP contribution in [0.25, 0.3) is 0 Å². The predicted molar refractivity (Wildman–Crippen MR) is 84.0 cm³/mol. The van der Waals surface area contributed by atoms with Crippen LogP contribution >= 0.6 is 12.2 Å². The third kappa shape index (κ3) is 3.02. The Morgan fingerprint density at radius 2 is 1.95 bits per heavy atom. The molecule has 0 amide bonds. The second kappa shape index (κ2) is 5.79. The molecule has 2 rings (SSSR count). The molecule has 0 radical (unpaired) electrons. The molecule has 110 valence electrons. The van der Waals surface area contributed by atoms with E-state index in [-0.39, 0.29) is 4.99 Å². The van der Waals surface area contributed by atoms with Crippen LogP contribution < -0.4 is 5.73 Å². The summed E-state index contributed by atoms with van der Waals surface area (Å²) in [4.78, 5) is 0.580. The highest BCUT2D eigenvalue weighted by Gasteiger charge is 2.33. The van der Waals surface area contributed by atoms with Crippen molar-refractivity contribution in [2.75, 3.05) is 13.1 Å². The van der Waals surface area contributed by atoms with Crippen molar-refractivity contribution in [3.05, 3.63) is 29.8 Å². The van der Waals surface area contributed by atoms with Crippen molar-refractivity contribution in [2.45, 2.75) is 25.2 Å². The molecule has 1 aliphatic rings. The van der Waals surface area contributed by atoms with Crippen molar-refractivity contribution in [3.8, 4) is 0 Å². The van der Waals surface area contributed by atoms with Crippen molar-refractivity contribution < 1.29 is 8.42 Å². The first-order chi connectivity index (χ1) is 9.32. The molecule has 1 fully saturated rings. The number of hydrogen-bond donors (Lipinski definition) is 1. The van der Waals surface area contributed by atoms with Crippen molar-refractivity contribution in [1.29, 1.82) is 0 Å².